The SMILES string of the molecule is Cc1cc(-c2ccc(S(=O)(=O)NCC(C)c3ccccc3)s2)n[nH]1. The highest BCUT2D eigenvalue weighted by Gasteiger charge is 2.19. The number of benzene rings is 1. The van der Waals surface area contributed by atoms with Gasteiger partial charge in [0.05, 0.1) is 4.88 Å². The highest BCUT2D eigenvalue weighted by molar-refractivity contribution is 7.91. The monoisotopic (exact) mass is 361 g/mol. The fourth-order valence-corrected chi connectivity index (χ4v) is 4.79. The number of H-pyrrole nitrogens is 1. The van der Waals surface area contributed by atoms with Crippen molar-refractivity contribution in [3.63, 3.8) is 0 Å². The molecule has 2 heterocycles. The molecule has 1 aromatic carbocycles. The predicted octanol–water partition coefficient (Wildman–Crippen LogP) is 3.53. The molecule has 0 aliphatic rings. The van der Waals surface area contributed by atoms with Crippen LogP contribution in [0.4, 0.5) is 0 Å². The molecule has 0 spiro atoms. The molecule has 3 aromatic rings. The predicted molar refractivity (Wildman–Crippen MR) is 96.7 cm³/mol. The molecule has 2 N–H and O–H groups in total. The Morgan fingerprint density at radius 1 is 1.21 bits per heavy atom. The Morgan fingerprint density at radius 2 is 1.96 bits per heavy atom. The second-order valence-corrected chi connectivity index (χ2v) is 8.80. The van der Waals surface area contributed by atoms with E-state index in [0.29, 0.717) is 10.8 Å². The Kier molecular flexibility index (Phi) is 4.84. The third kappa shape index (κ3) is 3.75. The first-order chi connectivity index (χ1) is 11.5. The van der Waals surface area contributed by atoms with Crippen LogP contribution >= 0.6 is 11.3 Å². The minimum absolute atomic E-state index is 0.106. The summed E-state index contributed by atoms with van der Waals surface area (Å²) in [6.45, 7) is 4.28. The molecule has 3 rings (SSSR count). The van der Waals surface area contributed by atoms with E-state index in [-0.39, 0.29) is 5.92 Å². The molecule has 2 aromatic heterocycles. The van der Waals surface area contributed by atoms with Crippen molar-refractivity contribution in [2.75, 3.05) is 6.54 Å². The van der Waals surface area contributed by atoms with Crippen molar-refractivity contribution in [3.05, 3.63) is 59.8 Å². The summed E-state index contributed by atoms with van der Waals surface area (Å²) in [6.07, 6.45) is 0. The maximum atomic E-state index is 12.5. The molecule has 1 unspecified atom stereocenters. The fourth-order valence-electron chi connectivity index (χ4n) is 2.35. The van der Waals surface area contributed by atoms with E-state index < -0.39 is 10.0 Å². The smallest absolute Gasteiger partial charge is 0.250 e. The normalized spacial score (nSPS) is 13.1. The zero-order valence-electron chi connectivity index (χ0n) is 13.5. The van der Waals surface area contributed by atoms with Crippen LogP contribution in [0.1, 0.15) is 24.1 Å². The molecule has 0 bridgehead atoms. The first kappa shape index (κ1) is 16.9. The van der Waals surface area contributed by atoms with Crippen molar-refractivity contribution in [1.29, 1.82) is 0 Å². The van der Waals surface area contributed by atoms with Crippen molar-refractivity contribution in [2.45, 2.75) is 24.0 Å². The largest absolute Gasteiger partial charge is 0.282 e. The number of sulfonamides is 1. The molecule has 1 atom stereocenters. The van der Waals surface area contributed by atoms with Gasteiger partial charge in [-0.2, -0.15) is 5.10 Å². The van der Waals surface area contributed by atoms with E-state index in [0.717, 1.165) is 21.8 Å². The van der Waals surface area contributed by atoms with Crippen molar-refractivity contribution < 1.29 is 8.42 Å². The third-order valence-corrected chi connectivity index (χ3v) is 6.78. The van der Waals surface area contributed by atoms with Gasteiger partial charge in [0.15, 0.2) is 0 Å². The molecule has 0 amide bonds. The number of aromatic amines is 1. The second-order valence-electron chi connectivity index (χ2n) is 5.72. The minimum atomic E-state index is -3.51. The van der Waals surface area contributed by atoms with E-state index in [4.69, 9.17) is 0 Å². The maximum absolute atomic E-state index is 12.5. The van der Waals surface area contributed by atoms with Gasteiger partial charge in [-0.25, -0.2) is 13.1 Å². The zero-order chi connectivity index (χ0) is 17.2. The lowest BCUT2D eigenvalue weighted by Gasteiger charge is -2.12. The maximum Gasteiger partial charge on any atom is 0.250 e. The molecule has 0 fully saturated rings. The Bertz CT molecular complexity index is 914. The molecule has 24 heavy (non-hydrogen) atoms. The summed E-state index contributed by atoms with van der Waals surface area (Å²) in [5.74, 6) is 0.106. The Hall–Kier alpha value is -1.96. The molecule has 0 saturated heterocycles. The molecule has 126 valence electrons. The Labute approximate surface area is 145 Å². The van der Waals surface area contributed by atoms with Crippen LogP contribution in [0, 0.1) is 6.92 Å². The van der Waals surface area contributed by atoms with Crippen molar-refractivity contribution in [1.82, 2.24) is 14.9 Å². The lowest BCUT2D eigenvalue weighted by Crippen LogP contribution is -2.27. The summed E-state index contributed by atoms with van der Waals surface area (Å²) in [4.78, 5) is 0.829. The summed E-state index contributed by atoms with van der Waals surface area (Å²) in [7, 11) is -3.51. The van der Waals surface area contributed by atoms with Crippen LogP contribution in [0.5, 0.6) is 0 Å². The van der Waals surface area contributed by atoms with Gasteiger partial charge in [0.25, 0.3) is 0 Å². The number of aryl methyl sites for hydroxylation is 1. The van der Waals surface area contributed by atoms with E-state index in [2.05, 4.69) is 14.9 Å². The highest BCUT2D eigenvalue weighted by Crippen LogP contribution is 2.29. The van der Waals surface area contributed by atoms with Gasteiger partial charge in [-0.15, -0.1) is 11.3 Å². The standard InChI is InChI=1S/C17H19N3O2S2/c1-12(14-6-4-3-5-7-14)11-18-24(21,22)17-9-8-16(23-17)15-10-13(2)19-20-15/h3-10,12,18H,11H2,1-2H3,(H,19,20). The van der Waals surface area contributed by atoms with Gasteiger partial charge in [-0.05, 0) is 36.6 Å². The van der Waals surface area contributed by atoms with Gasteiger partial charge in [0.1, 0.15) is 9.90 Å². The van der Waals surface area contributed by atoms with Crippen LogP contribution < -0.4 is 4.72 Å². The first-order valence-electron chi connectivity index (χ1n) is 7.62. The van der Waals surface area contributed by atoms with Crippen LogP contribution in [-0.4, -0.2) is 25.2 Å². The number of rotatable bonds is 6. The summed E-state index contributed by atoms with van der Waals surface area (Å²) in [5.41, 5.74) is 2.81. The van der Waals surface area contributed by atoms with E-state index >= 15 is 0 Å². The van der Waals surface area contributed by atoms with E-state index in [1.807, 2.05) is 50.2 Å². The average Bonchev–Trinajstić information content (AvgIpc) is 3.22. The lowest BCUT2D eigenvalue weighted by atomic mass is 10.0. The molecule has 0 aliphatic heterocycles. The Balaban J connectivity index is 1.71. The van der Waals surface area contributed by atoms with Crippen LogP contribution in [-0.2, 0) is 10.0 Å². The van der Waals surface area contributed by atoms with E-state index in [9.17, 15) is 8.42 Å². The highest BCUT2D eigenvalue weighted by atomic mass is 32.2. The van der Waals surface area contributed by atoms with E-state index in [1.54, 1.807) is 12.1 Å². The van der Waals surface area contributed by atoms with Crippen molar-refractivity contribution in [2.24, 2.45) is 0 Å². The molecule has 5 nitrogen and oxygen atoms in total. The quantitative estimate of drug-likeness (QED) is 0.705. The summed E-state index contributed by atoms with van der Waals surface area (Å²) >= 11 is 1.22. The lowest BCUT2D eigenvalue weighted by molar-refractivity contribution is 0.577. The van der Waals surface area contributed by atoms with Gasteiger partial charge in [0, 0.05) is 12.2 Å². The molecule has 0 aliphatic carbocycles. The third-order valence-electron chi connectivity index (χ3n) is 3.75. The molecule has 7 heteroatoms. The van der Waals surface area contributed by atoms with Crippen molar-refractivity contribution >= 4 is 21.4 Å². The zero-order valence-corrected chi connectivity index (χ0v) is 15.1. The van der Waals surface area contributed by atoms with Crippen LogP contribution in [0.25, 0.3) is 10.6 Å². The van der Waals surface area contributed by atoms with Gasteiger partial charge in [-0.3, -0.25) is 5.10 Å². The minimum Gasteiger partial charge on any atom is -0.282 e. The number of nitrogens with one attached hydrogen (secondary N) is 2. The van der Waals surface area contributed by atoms with Crippen LogP contribution in [0.2, 0.25) is 0 Å². The number of hydrogen-bond donors (Lipinski definition) is 2. The summed E-state index contributed by atoms with van der Waals surface area (Å²) < 4.78 is 28.0. The van der Waals surface area contributed by atoms with E-state index in [1.165, 1.54) is 11.3 Å². The average molecular weight is 361 g/mol. The Morgan fingerprint density at radius 3 is 2.62 bits per heavy atom. The van der Waals surface area contributed by atoms with Gasteiger partial charge in [-0.1, -0.05) is 37.3 Å². The number of nitrogens with zero attached hydrogens (tertiary/aromatic N) is 1. The van der Waals surface area contributed by atoms with Gasteiger partial charge in [0.2, 0.25) is 10.0 Å². The number of aromatic nitrogens is 2. The number of hydrogen-bond acceptors (Lipinski definition) is 4. The van der Waals surface area contributed by atoms with Gasteiger partial charge >= 0.3 is 0 Å². The van der Waals surface area contributed by atoms with Crippen molar-refractivity contribution in [3.8, 4) is 10.6 Å². The topological polar surface area (TPSA) is 74.8 Å². The second kappa shape index (κ2) is 6.88. The fraction of sp³-hybridized carbons (Fsp3) is 0.235. The number of thiophene rings is 1. The summed E-state index contributed by atoms with van der Waals surface area (Å²) in [6, 6.07) is 15.2. The molecular formula is C17H19N3O2S2. The summed E-state index contributed by atoms with van der Waals surface area (Å²) in [5, 5.41) is 7.03. The molecule has 0 radical (unpaired) electrons. The molecular weight excluding hydrogens is 342 g/mol. The molecule has 0 saturated carbocycles. The van der Waals surface area contributed by atoms with Crippen LogP contribution in [0.3, 0.4) is 0 Å². The van der Waals surface area contributed by atoms with Gasteiger partial charge < -0.3 is 0 Å². The van der Waals surface area contributed by atoms with Crippen LogP contribution in [0.15, 0.2) is 52.7 Å². The first-order valence-corrected chi connectivity index (χ1v) is 9.92.